The molecule has 32 heavy (non-hydrogen) atoms. The van der Waals surface area contributed by atoms with E-state index in [2.05, 4.69) is 24.1 Å². The Balaban J connectivity index is 1.47. The first-order valence-electron chi connectivity index (χ1n) is 12.1. The molecule has 2 saturated carbocycles. The molecule has 0 aromatic carbocycles. The number of aromatic nitrogens is 1. The quantitative estimate of drug-likeness (QED) is 0.746. The molecule has 3 aliphatic rings. The molecule has 1 aromatic rings. The molecule has 7 unspecified atom stereocenters. The minimum Gasteiger partial charge on any atom is -0.392 e. The second-order valence-corrected chi connectivity index (χ2v) is 10.3. The lowest BCUT2D eigenvalue weighted by atomic mass is 9.51. The molecular weight excluding hydrogens is 406 g/mol. The van der Waals surface area contributed by atoms with Gasteiger partial charge in [-0.15, -0.1) is 0 Å². The number of aliphatic hydroxyl groups excluding tert-OH is 1. The van der Waals surface area contributed by atoms with Crippen LogP contribution in [0.15, 0.2) is 24.4 Å². The van der Waals surface area contributed by atoms with Gasteiger partial charge in [-0.2, -0.15) is 0 Å². The maximum absolute atomic E-state index is 13.1. The van der Waals surface area contributed by atoms with Crippen molar-refractivity contribution in [2.24, 2.45) is 29.1 Å². The Hall–Kier alpha value is -1.99. The maximum Gasteiger partial charge on any atom is 0.270 e. The number of rotatable bonds is 4. The molecule has 4 rings (SSSR count). The molecule has 1 aliphatic heterocycles. The lowest BCUT2D eigenvalue weighted by molar-refractivity contribution is -0.153. The summed E-state index contributed by atoms with van der Waals surface area (Å²) >= 11 is 0. The van der Waals surface area contributed by atoms with Crippen LogP contribution in [0.1, 0.15) is 56.9 Å². The van der Waals surface area contributed by atoms with Crippen LogP contribution in [0.25, 0.3) is 0 Å². The first kappa shape index (κ1) is 23.2. The summed E-state index contributed by atoms with van der Waals surface area (Å²) in [5.74, 6) is -0.151. The number of hydrogen-bond acceptors (Lipinski definition) is 5. The van der Waals surface area contributed by atoms with Crippen molar-refractivity contribution in [3.05, 3.63) is 30.1 Å². The van der Waals surface area contributed by atoms with E-state index in [9.17, 15) is 14.7 Å². The van der Waals surface area contributed by atoms with Gasteiger partial charge in [0.25, 0.3) is 5.91 Å². The Kier molecular flexibility index (Phi) is 6.86. The lowest BCUT2D eigenvalue weighted by Crippen LogP contribution is -2.59. The summed E-state index contributed by atoms with van der Waals surface area (Å²) in [5.41, 5.74) is 0.448. The fourth-order valence-electron chi connectivity index (χ4n) is 6.49. The van der Waals surface area contributed by atoms with Gasteiger partial charge in [-0.1, -0.05) is 26.8 Å². The van der Waals surface area contributed by atoms with Gasteiger partial charge in [-0.05, 0) is 61.0 Å². The summed E-state index contributed by atoms with van der Waals surface area (Å²) in [6.45, 7) is 8.82. The van der Waals surface area contributed by atoms with Crippen molar-refractivity contribution in [1.82, 2.24) is 15.2 Å². The van der Waals surface area contributed by atoms with Gasteiger partial charge < -0.3 is 20.1 Å². The van der Waals surface area contributed by atoms with Crippen molar-refractivity contribution in [1.29, 1.82) is 0 Å². The number of carbonyl (C=O) groups is 2. The van der Waals surface area contributed by atoms with Crippen LogP contribution < -0.4 is 5.32 Å². The lowest BCUT2D eigenvalue weighted by Gasteiger charge is -2.56. The van der Waals surface area contributed by atoms with Crippen LogP contribution >= 0.6 is 0 Å². The van der Waals surface area contributed by atoms with Crippen LogP contribution in [-0.2, 0) is 9.53 Å². The molecule has 2 aliphatic carbocycles. The van der Waals surface area contributed by atoms with Gasteiger partial charge >= 0.3 is 0 Å². The highest BCUT2D eigenvalue weighted by molar-refractivity contribution is 5.92. The fourth-order valence-corrected chi connectivity index (χ4v) is 6.49. The predicted octanol–water partition coefficient (Wildman–Crippen LogP) is 2.50. The third kappa shape index (κ3) is 4.42. The van der Waals surface area contributed by atoms with Gasteiger partial charge in [-0.3, -0.25) is 14.6 Å². The molecule has 176 valence electrons. The van der Waals surface area contributed by atoms with E-state index >= 15 is 0 Å². The number of hydrogen-bond donors (Lipinski definition) is 2. The van der Waals surface area contributed by atoms with E-state index in [0.29, 0.717) is 32.0 Å². The van der Waals surface area contributed by atoms with Gasteiger partial charge in [0.1, 0.15) is 5.69 Å². The molecule has 2 N–H and O–H groups in total. The summed E-state index contributed by atoms with van der Waals surface area (Å²) in [7, 11) is 0. The van der Waals surface area contributed by atoms with Crippen molar-refractivity contribution >= 4 is 11.8 Å². The number of morpholine rings is 1. The Morgan fingerprint density at radius 1 is 1.25 bits per heavy atom. The SMILES string of the molecule is CC(C(=O)N1CCOCC1)C1CCC2(C)CCC(NC(=O)c3ccccn3)C(C)C2C1O. The van der Waals surface area contributed by atoms with Crippen molar-refractivity contribution in [2.45, 2.75) is 58.6 Å². The smallest absolute Gasteiger partial charge is 0.270 e. The Morgan fingerprint density at radius 2 is 1.97 bits per heavy atom. The zero-order chi connectivity index (χ0) is 22.9. The Bertz CT molecular complexity index is 813. The fraction of sp³-hybridized carbons (Fsp3) is 0.720. The number of pyridine rings is 1. The standard InChI is InChI=1S/C25H37N3O4/c1-16(24(31)28-12-14-32-15-13-28)18-7-9-25(3)10-8-19(17(2)21(25)22(18)29)27-23(30)20-6-4-5-11-26-20/h4-6,11,16-19,21-22,29H,7-10,12-15H2,1-3H3,(H,27,30). The van der Waals surface area contributed by atoms with E-state index in [4.69, 9.17) is 4.74 Å². The van der Waals surface area contributed by atoms with Crippen LogP contribution in [0.4, 0.5) is 0 Å². The van der Waals surface area contributed by atoms with E-state index in [1.165, 1.54) is 0 Å². The summed E-state index contributed by atoms with van der Waals surface area (Å²) in [6, 6.07) is 5.31. The van der Waals surface area contributed by atoms with E-state index in [1.807, 2.05) is 17.9 Å². The molecule has 3 fully saturated rings. The van der Waals surface area contributed by atoms with Gasteiger partial charge in [0, 0.05) is 31.2 Å². The third-order valence-corrected chi connectivity index (χ3v) is 8.46. The van der Waals surface area contributed by atoms with Gasteiger partial charge in [0.05, 0.1) is 19.3 Å². The highest BCUT2D eigenvalue weighted by Crippen LogP contribution is 2.55. The summed E-state index contributed by atoms with van der Waals surface area (Å²) in [6.07, 6.45) is 4.79. The zero-order valence-electron chi connectivity index (χ0n) is 19.5. The number of carbonyl (C=O) groups excluding carboxylic acids is 2. The monoisotopic (exact) mass is 443 g/mol. The van der Waals surface area contributed by atoms with Crippen molar-refractivity contribution < 1.29 is 19.4 Å². The van der Waals surface area contributed by atoms with Crippen LogP contribution in [0.2, 0.25) is 0 Å². The molecular formula is C25H37N3O4. The molecule has 7 nitrogen and oxygen atoms in total. The molecule has 0 bridgehead atoms. The van der Waals surface area contributed by atoms with Gasteiger partial charge in [0.2, 0.25) is 5.91 Å². The average Bonchev–Trinajstić information content (AvgIpc) is 2.81. The Morgan fingerprint density at radius 3 is 2.66 bits per heavy atom. The first-order valence-corrected chi connectivity index (χ1v) is 12.1. The molecule has 1 saturated heterocycles. The maximum atomic E-state index is 13.1. The van der Waals surface area contributed by atoms with Crippen LogP contribution in [0.5, 0.6) is 0 Å². The number of amides is 2. The number of fused-ring (bicyclic) bond motifs is 1. The highest BCUT2D eigenvalue weighted by atomic mass is 16.5. The summed E-state index contributed by atoms with van der Waals surface area (Å²) in [5, 5.41) is 14.7. The van der Waals surface area contributed by atoms with Crippen LogP contribution in [0, 0.1) is 29.1 Å². The van der Waals surface area contributed by atoms with Crippen molar-refractivity contribution in [2.75, 3.05) is 26.3 Å². The van der Waals surface area contributed by atoms with E-state index in [0.717, 1.165) is 25.7 Å². The first-order chi connectivity index (χ1) is 15.3. The summed E-state index contributed by atoms with van der Waals surface area (Å²) < 4.78 is 5.39. The average molecular weight is 444 g/mol. The second-order valence-electron chi connectivity index (χ2n) is 10.3. The van der Waals surface area contributed by atoms with E-state index < -0.39 is 6.10 Å². The van der Waals surface area contributed by atoms with E-state index in [-0.39, 0.29) is 46.9 Å². The molecule has 1 aromatic heterocycles. The minimum absolute atomic E-state index is 0.0127. The van der Waals surface area contributed by atoms with Crippen molar-refractivity contribution in [3.8, 4) is 0 Å². The number of aliphatic hydroxyl groups is 1. The predicted molar refractivity (Wildman–Crippen MR) is 121 cm³/mol. The summed E-state index contributed by atoms with van der Waals surface area (Å²) in [4.78, 5) is 31.9. The number of nitrogens with zero attached hydrogens (tertiary/aromatic N) is 2. The molecule has 2 amide bonds. The minimum atomic E-state index is -0.557. The van der Waals surface area contributed by atoms with Crippen LogP contribution in [0.3, 0.4) is 0 Å². The normalized spacial score (nSPS) is 36.1. The van der Waals surface area contributed by atoms with Crippen LogP contribution in [-0.4, -0.2) is 65.3 Å². The molecule has 2 heterocycles. The molecule has 7 atom stereocenters. The molecule has 0 spiro atoms. The largest absolute Gasteiger partial charge is 0.392 e. The van der Waals surface area contributed by atoms with Gasteiger partial charge in [-0.25, -0.2) is 0 Å². The second kappa shape index (κ2) is 9.48. The third-order valence-electron chi connectivity index (χ3n) is 8.46. The number of nitrogens with one attached hydrogen (secondary N) is 1. The zero-order valence-corrected chi connectivity index (χ0v) is 19.5. The topological polar surface area (TPSA) is 91.8 Å². The van der Waals surface area contributed by atoms with Gasteiger partial charge in [0.15, 0.2) is 0 Å². The number of ether oxygens (including phenoxy) is 1. The Labute approximate surface area is 190 Å². The molecule has 0 radical (unpaired) electrons. The van der Waals surface area contributed by atoms with E-state index in [1.54, 1.807) is 18.3 Å². The molecule has 7 heteroatoms. The highest BCUT2D eigenvalue weighted by Gasteiger charge is 2.54. The van der Waals surface area contributed by atoms with Crippen molar-refractivity contribution in [3.63, 3.8) is 0 Å².